The number of carbonyl (C=O) groups is 1. The van der Waals surface area contributed by atoms with Gasteiger partial charge in [0.2, 0.25) is 0 Å². The van der Waals surface area contributed by atoms with Gasteiger partial charge in [-0.2, -0.15) is 0 Å². The highest BCUT2D eigenvalue weighted by Crippen LogP contribution is 2.18. The zero-order valence-electron chi connectivity index (χ0n) is 8.32. The van der Waals surface area contributed by atoms with Crippen molar-refractivity contribution in [3.8, 4) is 0 Å². The van der Waals surface area contributed by atoms with Crippen LogP contribution in [0.4, 0.5) is 0 Å². The van der Waals surface area contributed by atoms with Gasteiger partial charge < -0.3 is 9.84 Å². The maximum Gasteiger partial charge on any atom is 0.332 e. The standard InChI is InChI=1S/C10H14O3S/c1-3-8-4-5-9(14-8)6-13-7(2)10(11)12/h4-5,7H,3,6H2,1-2H3,(H,11,12)/t7-/m0/s1. The lowest BCUT2D eigenvalue weighted by Gasteiger charge is -2.06. The van der Waals surface area contributed by atoms with Crippen LogP contribution in [0.1, 0.15) is 23.6 Å². The van der Waals surface area contributed by atoms with E-state index in [0.717, 1.165) is 11.3 Å². The first-order chi connectivity index (χ1) is 6.63. The number of hydrogen-bond donors (Lipinski definition) is 1. The molecule has 0 amide bonds. The van der Waals surface area contributed by atoms with E-state index in [1.165, 1.54) is 11.8 Å². The van der Waals surface area contributed by atoms with Gasteiger partial charge in [0, 0.05) is 9.75 Å². The molecule has 1 rings (SSSR count). The minimum Gasteiger partial charge on any atom is -0.479 e. The van der Waals surface area contributed by atoms with E-state index in [2.05, 4.69) is 13.0 Å². The lowest BCUT2D eigenvalue weighted by molar-refractivity contribution is -0.149. The summed E-state index contributed by atoms with van der Waals surface area (Å²) in [6, 6.07) is 4.03. The van der Waals surface area contributed by atoms with Crippen LogP contribution in [0.3, 0.4) is 0 Å². The highest BCUT2D eigenvalue weighted by molar-refractivity contribution is 7.11. The van der Waals surface area contributed by atoms with Crippen LogP contribution in [-0.2, 0) is 22.6 Å². The molecule has 1 aromatic rings. The van der Waals surface area contributed by atoms with Gasteiger partial charge in [0.05, 0.1) is 6.61 Å². The Hall–Kier alpha value is -0.870. The second-order valence-corrected chi connectivity index (χ2v) is 4.27. The van der Waals surface area contributed by atoms with E-state index in [1.54, 1.807) is 11.3 Å². The fraction of sp³-hybridized carbons (Fsp3) is 0.500. The molecule has 0 aromatic carbocycles. The predicted octanol–water partition coefficient (Wildman–Crippen LogP) is 2.30. The number of thiophene rings is 1. The van der Waals surface area contributed by atoms with Crippen molar-refractivity contribution in [3.63, 3.8) is 0 Å². The van der Waals surface area contributed by atoms with Crippen molar-refractivity contribution < 1.29 is 14.6 Å². The van der Waals surface area contributed by atoms with Crippen molar-refractivity contribution in [1.82, 2.24) is 0 Å². The van der Waals surface area contributed by atoms with E-state index in [0.29, 0.717) is 6.61 Å². The number of carboxylic acids is 1. The number of hydrogen-bond acceptors (Lipinski definition) is 3. The van der Waals surface area contributed by atoms with Crippen molar-refractivity contribution in [3.05, 3.63) is 21.9 Å². The molecule has 0 aliphatic heterocycles. The minimum atomic E-state index is -0.919. The predicted molar refractivity (Wildman–Crippen MR) is 55.6 cm³/mol. The highest BCUT2D eigenvalue weighted by atomic mass is 32.1. The summed E-state index contributed by atoms with van der Waals surface area (Å²) < 4.78 is 5.16. The van der Waals surface area contributed by atoms with Gasteiger partial charge in [-0.15, -0.1) is 11.3 Å². The molecule has 0 radical (unpaired) electrons. The largest absolute Gasteiger partial charge is 0.479 e. The molecule has 1 N–H and O–H groups in total. The summed E-state index contributed by atoms with van der Waals surface area (Å²) in [4.78, 5) is 12.8. The summed E-state index contributed by atoms with van der Waals surface area (Å²) in [5.74, 6) is -0.919. The summed E-state index contributed by atoms with van der Waals surface area (Å²) in [6.45, 7) is 4.02. The Labute approximate surface area is 87.3 Å². The van der Waals surface area contributed by atoms with Crippen molar-refractivity contribution in [2.45, 2.75) is 33.0 Å². The molecule has 14 heavy (non-hydrogen) atoms. The third-order valence-electron chi connectivity index (χ3n) is 1.89. The van der Waals surface area contributed by atoms with Gasteiger partial charge in [0.15, 0.2) is 6.10 Å². The maximum atomic E-state index is 10.5. The number of carboxylic acid groups (broad SMARTS) is 1. The molecule has 1 heterocycles. The van der Waals surface area contributed by atoms with Gasteiger partial charge in [-0.3, -0.25) is 0 Å². The quantitative estimate of drug-likeness (QED) is 0.818. The Balaban J connectivity index is 2.41. The summed E-state index contributed by atoms with van der Waals surface area (Å²) in [5.41, 5.74) is 0. The van der Waals surface area contributed by atoms with E-state index < -0.39 is 12.1 Å². The first kappa shape index (κ1) is 11.2. The second-order valence-electron chi connectivity index (χ2n) is 3.01. The van der Waals surface area contributed by atoms with Gasteiger partial charge in [0.1, 0.15) is 0 Å². The Morgan fingerprint density at radius 3 is 2.71 bits per heavy atom. The summed E-state index contributed by atoms with van der Waals surface area (Å²) in [5, 5.41) is 8.59. The monoisotopic (exact) mass is 214 g/mol. The fourth-order valence-electron chi connectivity index (χ4n) is 0.968. The van der Waals surface area contributed by atoms with Crippen molar-refractivity contribution >= 4 is 17.3 Å². The van der Waals surface area contributed by atoms with Crippen LogP contribution in [0, 0.1) is 0 Å². The van der Waals surface area contributed by atoms with Gasteiger partial charge >= 0.3 is 5.97 Å². The van der Waals surface area contributed by atoms with E-state index in [-0.39, 0.29) is 0 Å². The number of aryl methyl sites for hydroxylation is 1. The van der Waals surface area contributed by atoms with Gasteiger partial charge in [-0.1, -0.05) is 6.92 Å². The molecule has 0 unspecified atom stereocenters. The minimum absolute atomic E-state index is 0.387. The van der Waals surface area contributed by atoms with Gasteiger partial charge in [-0.25, -0.2) is 4.79 Å². The van der Waals surface area contributed by atoms with Gasteiger partial charge in [0.25, 0.3) is 0 Å². The lowest BCUT2D eigenvalue weighted by atomic mass is 10.4. The fourth-order valence-corrected chi connectivity index (χ4v) is 1.85. The first-order valence-corrected chi connectivity index (χ1v) is 5.37. The Kier molecular flexibility index (Phi) is 4.10. The Morgan fingerprint density at radius 1 is 1.57 bits per heavy atom. The van der Waals surface area contributed by atoms with E-state index >= 15 is 0 Å². The maximum absolute atomic E-state index is 10.5. The van der Waals surface area contributed by atoms with E-state index in [9.17, 15) is 4.79 Å². The van der Waals surface area contributed by atoms with Crippen LogP contribution in [0.15, 0.2) is 12.1 Å². The topological polar surface area (TPSA) is 46.5 Å². The molecule has 78 valence electrons. The molecule has 0 aliphatic carbocycles. The number of ether oxygens (including phenoxy) is 1. The van der Waals surface area contributed by atoms with Crippen LogP contribution in [0.2, 0.25) is 0 Å². The van der Waals surface area contributed by atoms with Crippen LogP contribution >= 0.6 is 11.3 Å². The highest BCUT2D eigenvalue weighted by Gasteiger charge is 2.11. The van der Waals surface area contributed by atoms with Crippen LogP contribution in [-0.4, -0.2) is 17.2 Å². The normalized spacial score (nSPS) is 12.7. The average Bonchev–Trinajstić information content (AvgIpc) is 2.61. The molecule has 0 fully saturated rings. The number of aliphatic carboxylic acids is 1. The lowest BCUT2D eigenvalue weighted by Crippen LogP contribution is -2.19. The smallest absolute Gasteiger partial charge is 0.332 e. The Bertz CT molecular complexity index is 306. The number of rotatable bonds is 5. The SMILES string of the molecule is CCc1ccc(CO[C@@H](C)C(=O)O)s1. The van der Waals surface area contributed by atoms with Crippen molar-refractivity contribution in [2.24, 2.45) is 0 Å². The summed E-state index contributed by atoms with van der Waals surface area (Å²) >= 11 is 1.67. The molecule has 1 atom stereocenters. The van der Waals surface area contributed by atoms with Crippen LogP contribution in [0.5, 0.6) is 0 Å². The van der Waals surface area contributed by atoms with Crippen molar-refractivity contribution in [2.75, 3.05) is 0 Å². The molecule has 0 spiro atoms. The molecule has 4 heteroatoms. The molecule has 1 aromatic heterocycles. The third kappa shape index (κ3) is 3.12. The molecule has 0 saturated carbocycles. The molecule has 3 nitrogen and oxygen atoms in total. The summed E-state index contributed by atoms with van der Waals surface area (Å²) in [6.07, 6.45) is 0.279. The van der Waals surface area contributed by atoms with Gasteiger partial charge in [-0.05, 0) is 25.5 Å². The molecule has 0 bridgehead atoms. The van der Waals surface area contributed by atoms with Crippen LogP contribution < -0.4 is 0 Å². The first-order valence-electron chi connectivity index (χ1n) is 4.55. The Morgan fingerprint density at radius 2 is 2.21 bits per heavy atom. The second kappa shape index (κ2) is 5.12. The average molecular weight is 214 g/mol. The zero-order valence-corrected chi connectivity index (χ0v) is 9.13. The molecule has 0 aliphatic rings. The molecular weight excluding hydrogens is 200 g/mol. The third-order valence-corrected chi connectivity index (χ3v) is 3.09. The van der Waals surface area contributed by atoms with E-state index in [4.69, 9.17) is 9.84 Å². The van der Waals surface area contributed by atoms with E-state index in [1.807, 2.05) is 6.07 Å². The molecule has 0 saturated heterocycles. The molecular formula is C10H14O3S. The van der Waals surface area contributed by atoms with Crippen LogP contribution in [0.25, 0.3) is 0 Å². The van der Waals surface area contributed by atoms with Crippen molar-refractivity contribution in [1.29, 1.82) is 0 Å². The zero-order chi connectivity index (χ0) is 10.6. The summed E-state index contributed by atoms with van der Waals surface area (Å²) in [7, 11) is 0.